The SMILES string of the molecule is COC1CCCC=C1C. The van der Waals surface area contributed by atoms with Gasteiger partial charge in [-0.2, -0.15) is 0 Å². The molecule has 0 heterocycles. The molecule has 0 saturated heterocycles. The fourth-order valence-corrected chi connectivity index (χ4v) is 1.30. The summed E-state index contributed by atoms with van der Waals surface area (Å²) >= 11 is 0. The van der Waals surface area contributed by atoms with Crippen LogP contribution in [0.25, 0.3) is 0 Å². The Bertz CT molecular complexity index is 116. The van der Waals surface area contributed by atoms with Gasteiger partial charge in [0.2, 0.25) is 0 Å². The molecule has 1 aliphatic carbocycles. The van der Waals surface area contributed by atoms with Gasteiger partial charge in [-0.3, -0.25) is 0 Å². The van der Waals surface area contributed by atoms with Crippen LogP contribution in [0.4, 0.5) is 0 Å². The van der Waals surface area contributed by atoms with Crippen molar-refractivity contribution in [2.75, 3.05) is 7.11 Å². The predicted octanol–water partition coefficient (Wildman–Crippen LogP) is 2.13. The first-order valence-electron chi connectivity index (χ1n) is 3.54. The van der Waals surface area contributed by atoms with Crippen molar-refractivity contribution in [1.82, 2.24) is 0 Å². The Morgan fingerprint density at radius 2 is 2.44 bits per heavy atom. The molecule has 1 rings (SSSR count). The van der Waals surface area contributed by atoms with Crippen molar-refractivity contribution in [1.29, 1.82) is 0 Å². The lowest BCUT2D eigenvalue weighted by Crippen LogP contribution is -2.14. The molecule has 0 aromatic rings. The summed E-state index contributed by atoms with van der Waals surface area (Å²) < 4.78 is 5.24. The molecule has 1 aliphatic rings. The Labute approximate surface area is 56.7 Å². The summed E-state index contributed by atoms with van der Waals surface area (Å²) in [4.78, 5) is 0. The maximum atomic E-state index is 5.24. The van der Waals surface area contributed by atoms with Crippen LogP contribution < -0.4 is 0 Å². The topological polar surface area (TPSA) is 9.23 Å². The van der Waals surface area contributed by atoms with Crippen molar-refractivity contribution >= 4 is 0 Å². The molecule has 1 unspecified atom stereocenters. The monoisotopic (exact) mass is 126 g/mol. The van der Waals surface area contributed by atoms with Gasteiger partial charge in [-0.15, -0.1) is 0 Å². The molecule has 0 aromatic heterocycles. The van der Waals surface area contributed by atoms with E-state index in [1.165, 1.54) is 24.8 Å². The lowest BCUT2D eigenvalue weighted by Gasteiger charge is -2.19. The third-order valence-corrected chi connectivity index (χ3v) is 1.93. The largest absolute Gasteiger partial charge is 0.377 e. The summed E-state index contributed by atoms with van der Waals surface area (Å²) in [6, 6.07) is 0. The summed E-state index contributed by atoms with van der Waals surface area (Å²) in [6.07, 6.45) is 6.43. The molecule has 1 atom stereocenters. The maximum absolute atomic E-state index is 5.24. The summed E-state index contributed by atoms with van der Waals surface area (Å²) in [5, 5.41) is 0. The van der Waals surface area contributed by atoms with E-state index in [-0.39, 0.29) is 0 Å². The van der Waals surface area contributed by atoms with E-state index in [9.17, 15) is 0 Å². The van der Waals surface area contributed by atoms with Crippen molar-refractivity contribution < 1.29 is 4.74 Å². The fourth-order valence-electron chi connectivity index (χ4n) is 1.30. The summed E-state index contributed by atoms with van der Waals surface area (Å²) in [7, 11) is 1.79. The van der Waals surface area contributed by atoms with Crippen LogP contribution in [-0.2, 0) is 4.74 Å². The van der Waals surface area contributed by atoms with Gasteiger partial charge >= 0.3 is 0 Å². The van der Waals surface area contributed by atoms with Gasteiger partial charge in [-0.1, -0.05) is 6.08 Å². The van der Waals surface area contributed by atoms with Gasteiger partial charge in [0.05, 0.1) is 6.10 Å². The van der Waals surface area contributed by atoms with E-state index >= 15 is 0 Å². The molecular formula is C8H14O. The highest BCUT2D eigenvalue weighted by atomic mass is 16.5. The Morgan fingerprint density at radius 1 is 1.67 bits per heavy atom. The first-order chi connectivity index (χ1) is 4.34. The average molecular weight is 126 g/mol. The van der Waals surface area contributed by atoms with Crippen molar-refractivity contribution in [2.45, 2.75) is 32.3 Å². The van der Waals surface area contributed by atoms with Crippen LogP contribution in [-0.4, -0.2) is 13.2 Å². The standard InChI is InChI=1S/C8H14O/c1-7-5-3-4-6-8(7)9-2/h5,8H,3-4,6H2,1-2H3. The highest BCUT2D eigenvalue weighted by molar-refractivity contribution is 5.07. The van der Waals surface area contributed by atoms with E-state index in [0.717, 1.165) is 0 Å². The number of rotatable bonds is 1. The lowest BCUT2D eigenvalue weighted by molar-refractivity contribution is 0.118. The molecule has 0 spiro atoms. The van der Waals surface area contributed by atoms with Gasteiger partial charge in [0, 0.05) is 7.11 Å². The molecule has 0 aromatic carbocycles. The normalized spacial score (nSPS) is 27.8. The van der Waals surface area contributed by atoms with Crippen LogP contribution in [0.3, 0.4) is 0 Å². The van der Waals surface area contributed by atoms with Crippen LogP contribution in [0, 0.1) is 0 Å². The second-order valence-corrected chi connectivity index (χ2v) is 2.60. The summed E-state index contributed by atoms with van der Waals surface area (Å²) in [5.41, 5.74) is 1.41. The molecule has 0 saturated carbocycles. The molecule has 0 radical (unpaired) electrons. The second kappa shape index (κ2) is 3.02. The minimum atomic E-state index is 0.416. The third-order valence-electron chi connectivity index (χ3n) is 1.93. The zero-order valence-corrected chi connectivity index (χ0v) is 6.18. The quantitative estimate of drug-likeness (QED) is 0.489. The van der Waals surface area contributed by atoms with E-state index in [2.05, 4.69) is 13.0 Å². The first kappa shape index (κ1) is 6.81. The van der Waals surface area contributed by atoms with Crippen LogP contribution >= 0.6 is 0 Å². The number of ether oxygens (including phenoxy) is 1. The van der Waals surface area contributed by atoms with Gasteiger partial charge in [0.25, 0.3) is 0 Å². The summed E-state index contributed by atoms with van der Waals surface area (Å²) in [5.74, 6) is 0. The van der Waals surface area contributed by atoms with Gasteiger partial charge in [-0.25, -0.2) is 0 Å². The molecule has 0 bridgehead atoms. The number of hydrogen-bond donors (Lipinski definition) is 0. The zero-order chi connectivity index (χ0) is 6.69. The molecule has 9 heavy (non-hydrogen) atoms. The van der Waals surface area contributed by atoms with E-state index in [0.29, 0.717) is 6.10 Å². The highest BCUT2D eigenvalue weighted by Gasteiger charge is 2.11. The maximum Gasteiger partial charge on any atom is 0.0778 e. The molecule has 1 nitrogen and oxygen atoms in total. The van der Waals surface area contributed by atoms with Crippen molar-refractivity contribution in [3.63, 3.8) is 0 Å². The highest BCUT2D eigenvalue weighted by Crippen LogP contribution is 2.19. The average Bonchev–Trinajstić information content (AvgIpc) is 1.89. The number of hydrogen-bond acceptors (Lipinski definition) is 1. The molecule has 52 valence electrons. The van der Waals surface area contributed by atoms with E-state index in [1.54, 1.807) is 7.11 Å². The van der Waals surface area contributed by atoms with Gasteiger partial charge in [-0.05, 0) is 31.8 Å². The Hall–Kier alpha value is -0.300. The van der Waals surface area contributed by atoms with Crippen LogP contribution in [0.2, 0.25) is 0 Å². The summed E-state index contributed by atoms with van der Waals surface area (Å²) in [6.45, 7) is 2.15. The van der Waals surface area contributed by atoms with Crippen LogP contribution in [0.1, 0.15) is 26.2 Å². The molecule has 0 aliphatic heterocycles. The number of allylic oxidation sites excluding steroid dienone is 1. The van der Waals surface area contributed by atoms with E-state index in [1.807, 2.05) is 0 Å². The first-order valence-corrected chi connectivity index (χ1v) is 3.54. The van der Waals surface area contributed by atoms with Crippen molar-refractivity contribution in [3.05, 3.63) is 11.6 Å². The molecule has 1 heteroatoms. The Kier molecular flexibility index (Phi) is 2.29. The lowest BCUT2D eigenvalue weighted by atomic mass is 9.98. The molecule has 0 amide bonds. The van der Waals surface area contributed by atoms with E-state index in [4.69, 9.17) is 4.74 Å². The minimum absolute atomic E-state index is 0.416. The van der Waals surface area contributed by atoms with E-state index < -0.39 is 0 Å². The fraction of sp³-hybridized carbons (Fsp3) is 0.750. The Morgan fingerprint density at radius 3 is 2.89 bits per heavy atom. The van der Waals surface area contributed by atoms with Gasteiger partial charge in [0.15, 0.2) is 0 Å². The van der Waals surface area contributed by atoms with Crippen molar-refractivity contribution in [2.24, 2.45) is 0 Å². The third kappa shape index (κ3) is 1.55. The smallest absolute Gasteiger partial charge is 0.0778 e. The molecule has 0 N–H and O–H groups in total. The number of methoxy groups -OCH3 is 1. The second-order valence-electron chi connectivity index (χ2n) is 2.60. The zero-order valence-electron chi connectivity index (χ0n) is 6.18. The molecule has 0 fully saturated rings. The van der Waals surface area contributed by atoms with Gasteiger partial charge in [0.1, 0.15) is 0 Å². The Balaban J connectivity index is 2.50. The van der Waals surface area contributed by atoms with Crippen LogP contribution in [0.15, 0.2) is 11.6 Å². The predicted molar refractivity (Wildman–Crippen MR) is 38.4 cm³/mol. The van der Waals surface area contributed by atoms with Crippen molar-refractivity contribution in [3.8, 4) is 0 Å². The minimum Gasteiger partial charge on any atom is -0.377 e. The van der Waals surface area contributed by atoms with Gasteiger partial charge < -0.3 is 4.74 Å². The molecular weight excluding hydrogens is 112 g/mol. The van der Waals surface area contributed by atoms with Crippen LogP contribution in [0.5, 0.6) is 0 Å².